The predicted molar refractivity (Wildman–Crippen MR) is 68.2 cm³/mol. The number of hydrogen-bond acceptors (Lipinski definition) is 7. The van der Waals surface area contributed by atoms with Gasteiger partial charge in [-0.1, -0.05) is 0 Å². The third-order valence-electron chi connectivity index (χ3n) is 2.15. The van der Waals surface area contributed by atoms with Crippen molar-refractivity contribution in [1.82, 2.24) is 9.97 Å². The molecule has 1 aromatic heterocycles. The molecule has 0 fully saturated rings. The van der Waals surface area contributed by atoms with E-state index in [1.807, 2.05) is 0 Å². The summed E-state index contributed by atoms with van der Waals surface area (Å²) in [7, 11) is 0. The number of nitro groups is 1. The first-order valence-corrected chi connectivity index (χ1v) is 5.96. The first-order valence-electron chi connectivity index (χ1n) is 5.96. The van der Waals surface area contributed by atoms with E-state index in [1.165, 1.54) is 0 Å². The molecule has 0 aromatic carbocycles. The van der Waals surface area contributed by atoms with Crippen molar-refractivity contribution in [3.63, 3.8) is 0 Å². The second-order valence-corrected chi connectivity index (χ2v) is 3.80. The molecule has 0 saturated carbocycles. The molecule has 11 heteroatoms. The Kier molecular flexibility index (Phi) is 6.09. The number of halogens is 3. The molecule has 0 aliphatic rings. The molecule has 0 amide bonds. The normalized spacial score (nSPS) is 11.2. The van der Waals surface area contributed by atoms with Crippen molar-refractivity contribution >= 4 is 17.3 Å². The Balaban J connectivity index is 2.62. The van der Waals surface area contributed by atoms with E-state index in [2.05, 4.69) is 25.3 Å². The van der Waals surface area contributed by atoms with Gasteiger partial charge in [0.15, 0.2) is 0 Å². The third-order valence-corrected chi connectivity index (χ3v) is 2.15. The van der Waals surface area contributed by atoms with Crippen LogP contribution in [0, 0.1) is 10.1 Å². The lowest BCUT2D eigenvalue weighted by atomic mass is 10.4. The van der Waals surface area contributed by atoms with E-state index in [4.69, 9.17) is 0 Å². The van der Waals surface area contributed by atoms with Crippen molar-refractivity contribution in [2.24, 2.45) is 0 Å². The van der Waals surface area contributed by atoms with Gasteiger partial charge in [0.25, 0.3) is 0 Å². The summed E-state index contributed by atoms with van der Waals surface area (Å²) in [6, 6.07) is 0. The SMILES string of the molecule is CCNc1ncnc(NCCOCC(F)(F)F)c1[N+](=O)[O-]. The first-order chi connectivity index (χ1) is 9.85. The monoisotopic (exact) mass is 309 g/mol. The lowest BCUT2D eigenvalue weighted by molar-refractivity contribution is -0.383. The van der Waals surface area contributed by atoms with Gasteiger partial charge >= 0.3 is 11.9 Å². The fourth-order valence-electron chi connectivity index (χ4n) is 1.41. The van der Waals surface area contributed by atoms with E-state index in [0.717, 1.165) is 6.33 Å². The minimum Gasteiger partial charge on any atom is -0.370 e. The summed E-state index contributed by atoms with van der Waals surface area (Å²) in [4.78, 5) is 17.8. The zero-order valence-electron chi connectivity index (χ0n) is 11.1. The number of nitrogens with one attached hydrogen (secondary N) is 2. The van der Waals surface area contributed by atoms with Crippen LogP contribution in [0.3, 0.4) is 0 Å². The van der Waals surface area contributed by atoms with Gasteiger partial charge in [0.05, 0.1) is 11.5 Å². The summed E-state index contributed by atoms with van der Waals surface area (Å²) in [5, 5.41) is 16.3. The standard InChI is InChI=1S/C10H14F3N5O3/c1-2-14-8-7(18(19)20)9(17-6-16-8)15-3-4-21-5-10(11,12)13/h6H,2-5H2,1H3,(H2,14,15,16,17). The van der Waals surface area contributed by atoms with Gasteiger partial charge in [0, 0.05) is 13.1 Å². The summed E-state index contributed by atoms with van der Waals surface area (Å²) >= 11 is 0. The fourth-order valence-corrected chi connectivity index (χ4v) is 1.41. The van der Waals surface area contributed by atoms with E-state index >= 15 is 0 Å². The Labute approximate surface area is 117 Å². The van der Waals surface area contributed by atoms with Gasteiger partial charge in [0.1, 0.15) is 12.9 Å². The van der Waals surface area contributed by atoms with E-state index in [0.29, 0.717) is 6.54 Å². The molecule has 1 aromatic rings. The van der Waals surface area contributed by atoms with Crippen molar-refractivity contribution < 1.29 is 22.8 Å². The molecule has 8 nitrogen and oxygen atoms in total. The highest BCUT2D eigenvalue weighted by Crippen LogP contribution is 2.28. The summed E-state index contributed by atoms with van der Waals surface area (Å²) in [6.07, 6.45) is -3.29. The molecule has 0 unspecified atom stereocenters. The second kappa shape index (κ2) is 7.57. The minimum atomic E-state index is -4.40. The summed E-state index contributed by atoms with van der Waals surface area (Å²) in [5.41, 5.74) is -0.366. The van der Waals surface area contributed by atoms with Crippen LogP contribution in [0.2, 0.25) is 0 Å². The molecule has 118 valence electrons. The Hall–Kier alpha value is -2.17. The molecule has 0 aliphatic carbocycles. The maximum atomic E-state index is 11.8. The minimum absolute atomic E-state index is 0.0382. The van der Waals surface area contributed by atoms with Crippen molar-refractivity contribution in [3.8, 4) is 0 Å². The quantitative estimate of drug-likeness (QED) is 0.429. The molecule has 0 saturated heterocycles. The number of rotatable bonds is 8. The second-order valence-electron chi connectivity index (χ2n) is 3.80. The molecule has 0 atom stereocenters. The largest absolute Gasteiger partial charge is 0.411 e. The smallest absolute Gasteiger partial charge is 0.370 e. The van der Waals surface area contributed by atoms with Gasteiger partial charge in [-0.15, -0.1) is 0 Å². The van der Waals surface area contributed by atoms with Crippen LogP contribution in [-0.4, -0.2) is 47.4 Å². The van der Waals surface area contributed by atoms with Crippen LogP contribution in [-0.2, 0) is 4.74 Å². The molecule has 2 N–H and O–H groups in total. The maximum Gasteiger partial charge on any atom is 0.411 e. The maximum absolute atomic E-state index is 11.8. The van der Waals surface area contributed by atoms with Crippen LogP contribution in [0.25, 0.3) is 0 Å². The zero-order valence-corrected chi connectivity index (χ0v) is 11.1. The van der Waals surface area contributed by atoms with Gasteiger partial charge in [-0.05, 0) is 6.92 Å². The van der Waals surface area contributed by atoms with Crippen LogP contribution >= 0.6 is 0 Å². The topological polar surface area (TPSA) is 102 Å². The summed E-state index contributed by atoms with van der Waals surface area (Å²) in [6.45, 7) is 0.468. The summed E-state index contributed by atoms with van der Waals surface area (Å²) in [5.74, 6) is -0.0437. The van der Waals surface area contributed by atoms with Gasteiger partial charge in [-0.2, -0.15) is 13.2 Å². The Bertz CT molecular complexity index is 483. The van der Waals surface area contributed by atoms with E-state index in [-0.39, 0.29) is 30.5 Å². The van der Waals surface area contributed by atoms with Crippen LogP contribution < -0.4 is 10.6 Å². The van der Waals surface area contributed by atoms with Crippen LogP contribution in [0.1, 0.15) is 6.92 Å². The average Bonchev–Trinajstić information content (AvgIpc) is 2.37. The Morgan fingerprint density at radius 3 is 2.48 bits per heavy atom. The number of ether oxygens (including phenoxy) is 1. The molecular formula is C10H14F3N5O3. The van der Waals surface area contributed by atoms with Crippen molar-refractivity contribution in [2.75, 3.05) is 36.9 Å². The Morgan fingerprint density at radius 1 is 1.33 bits per heavy atom. The van der Waals surface area contributed by atoms with Gasteiger partial charge in [-0.3, -0.25) is 10.1 Å². The predicted octanol–water partition coefficient (Wildman–Crippen LogP) is 1.81. The highest BCUT2D eigenvalue weighted by atomic mass is 19.4. The van der Waals surface area contributed by atoms with E-state index in [9.17, 15) is 23.3 Å². The van der Waals surface area contributed by atoms with Gasteiger partial charge < -0.3 is 15.4 Å². The highest BCUT2D eigenvalue weighted by Gasteiger charge is 2.27. The lowest BCUT2D eigenvalue weighted by Gasteiger charge is -2.10. The summed E-state index contributed by atoms with van der Waals surface area (Å²) < 4.78 is 39.9. The molecule has 0 aliphatic heterocycles. The number of aromatic nitrogens is 2. The van der Waals surface area contributed by atoms with Crippen LogP contribution in [0.5, 0.6) is 0 Å². The van der Waals surface area contributed by atoms with E-state index < -0.39 is 17.7 Å². The molecule has 1 heterocycles. The third kappa shape index (κ3) is 5.77. The molecular weight excluding hydrogens is 295 g/mol. The van der Waals surface area contributed by atoms with Crippen LogP contribution in [0.4, 0.5) is 30.5 Å². The fraction of sp³-hybridized carbons (Fsp3) is 0.600. The zero-order chi connectivity index (χ0) is 15.9. The number of hydrogen-bond donors (Lipinski definition) is 2. The molecule has 0 bridgehead atoms. The number of alkyl halides is 3. The molecule has 21 heavy (non-hydrogen) atoms. The number of anilines is 2. The first kappa shape index (κ1) is 16.9. The molecule has 1 rings (SSSR count). The van der Waals surface area contributed by atoms with Crippen molar-refractivity contribution in [3.05, 3.63) is 16.4 Å². The average molecular weight is 309 g/mol. The lowest BCUT2D eigenvalue weighted by Crippen LogP contribution is -2.20. The van der Waals surface area contributed by atoms with Gasteiger partial charge in [-0.25, -0.2) is 9.97 Å². The van der Waals surface area contributed by atoms with Crippen molar-refractivity contribution in [2.45, 2.75) is 13.1 Å². The highest BCUT2D eigenvalue weighted by molar-refractivity contribution is 5.69. The Morgan fingerprint density at radius 2 is 1.95 bits per heavy atom. The molecule has 0 spiro atoms. The van der Waals surface area contributed by atoms with E-state index in [1.54, 1.807) is 6.92 Å². The number of nitrogens with zero attached hydrogens (tertiary/aromatic N) is 3. The van der Waals surface area contributed by atoms with Crippen LogP contribution in [0.15, 0.2) is 6.33 Å². The van der Waals surface area contributed by atoms with Gasteiger partial charge in [0.2, 0.25) is 11.6 Å². The molecule has 0 radical (unpaired) electrons. The van der Waals surface area contributed by atoms with Crippen molar-refractivity contribution in [1.29, 1.82) is 0 Å².